The molecule has 0 heterocycles. The second-order valence-corrected chi connectivity index (χ2v) is 12.5. The van der Waals surface area contributed by atoms with Crippen LogP contribution in [-0.2, 0) is 31.6 Å². The number of hydrogen-bond acceptors (Lipinski definition) is 12. The Morgan fingerprint density at radius 3 is 2.19 bits per heavy atom. The van der Waals surface area contributed by atoms with Crippen LogP contribution in [0, 0.1) is 10.1 Å². The first kappa shape index (κ1) is 44.2. The van der Waals surface area contributed by atoms with Crippen LogP contribution in [0.25, 0.3) is 16.5 Å². The van der Waals surface area contributed by atoms with E-state index in [1.165, 1.54) is 25.2 Å². The molecule has 0 fully saturated rings. The van der Waals surface area contributed by atoms with Crippen molar-refractivity contribution in [3.63, 3.8) is 0 Å². The van der Waals surface area contributed by atoms with Gasteiger partial charge in [0.15, 0.2) is 0 Å². The molecule has 0 radical (unpaired) electrons. The monoisotopic (exact) mass is 810 g/mol. The minimum absolute atomic E-state index is 0. The number of nitro groups is 1. The van der Waals surface area contributed by atoms with E-state index in [0.717, 1.165) is 42.0 Å². The van der Waals surface area contributed by atoms with Gasteiger partial charge in [0, 0.05) is 17.5 Å². The van der Waals surface area contributed by atoms with Gasteiger partial charge in [0.05, 0.1) is 37.6 Å². The Balaban J connectivity index is 0.000000359. The van der Waals surface area contributed by atoms with Crippen LogP contribution in [0.1, 0.15) is 6.92 Å². The molecule has 0 saturated carbocycles. The van der Waals surface area contributed by atoms with E-state index in [2.05, 4.69) is 30.5 Å². The number of amides is 1. The van der Waals surface area contributed by atoms with E-state index in [1.54, 1.807) is 24.3 Å². The molecule has 0 aliphatic rings. The molecule has 268 valence electrons. The number of nitro benzene ring substituents is 1. The average molecular weight is 811 g/mol. The second kappa shape index (κ2) is 19.8. The average Bonchev–Trinajstić information content (AvgIpc) is 3.10. The van der Waals surface area contributed by atoms with Gasteiger partial charge in [-0.05, 0) is 42.8 Å². The molecular formula is C33H25ClCoN8NaO8S. The molecule has 0 atom stereocenters. The van der Waals surface area contributed by atoms with Gasteiger partial charge in [0.2, 0.25) is 10.0 Å². The number of sulfonamides is 1. The zero-order valence-electron chi connectivity index (χ0n) is 27.9. The molecule has 0 saturated heterocycles. The van der Waals surface area contributed by atoms with Crippen molar-refractivity contribution in [1.29, 1.82) is 0 Å². The summed E-state index contributed by atoms with van der Waals surface area (Å²) in [6.07, 6.45) is 0. The molecule has 5 rings (SSSR count). The van der Waals surface area contributed by atoms with Crippen molar-refractivity contribution in [2.45, 2.75) is 11.8 Å². The van der Waals surface area contributed by atoms with Crippen LogP contribution in [0.3, 0.4) is 0 Å². The summed E-state index contributed by atoms with van der Waals surface area (Å²) in [7, 11) is -2.60. The molecule has 53 heavy (non-hydrogen) atoms. The van der Waals surface area contributed by atoms with Crippen molar-refractivity contribution in [3.05, 3.63) is 129 Å². The van der Waals surface area contributed by atoms with E-state index in [4.69, 9.17) is 17.3 Å². The Labute approximate surface area is 340 Å². The summed E-state index contributed by atoms with van der Waals surface area (Å²) in [5, 5.41) is 65.4. The van der Waals surface area contributed by atoms with E-state index in [-0.39, 0.29) is 84.7 Å². The molecule has 5 aromatic rings. The number of para-hydroxylation sites is 1. The third-order valence-corrected chi connectivity index (χ3v) is 8.49. The van der Waals surface area contributed by atoms with Crippen LogP contribution in [0.4, 0.5) is 34.1 Å². The van der Waals surface area contributed by atoms with Gasteiger partial charge in [-0.1, -0.05) is 84.6 Å². The topological polar surface area (TPSA) is 261 Å². The summed E-state index contributed by atoms with van der Waals surface area (Å²) in [4.78, 5) is 22.1. The van der Waals surface area contributed by atoms with Crippen LogP contribution >= 0.6 is 11.6 Å². The summed E-state index contributed by atoms with van der Waals surface area (Å²) in [5.74, 6) is -2.81. The fourth-order valence-corrected chi connectivity index (χ4v) is 5.08. The number of nitrogens with zero attached hydrogens (tertiary/aromatic N) is 5. The molecular weight excluding hydrogens is 786 g/mol. The SMILES string of the molecule is CNS(=O)(=O)c1ccc([O-])c(N=NC(C(=O)Nc2ccccc2Cl)=C(C)[O-])c1.[Co+3].[NH-]c1ccc2ccccc2c1N=Nc1ccc([N+](=O)[O-])cc1[O-].[Na+]. The van der Waals surface area contributed by atoms with Gasteiger partial charge in [-0.25, -0.2) is 13.1 Å². The Morgan fingerprint density at radius 2 is 1.55 bits per heavy atom. The summed E-state index contributed by atoms with van der Waals surface area (Å²) in [6.45, 7) is 1.10. The maximum absolute atomic E-state index is 12.3. The van der Waals surface area contributed by atoms with E-state index >= 15 is 0 Å². The predicted octanol–water partition coefficient (Wildman–Crippen LogP) is 3.56. The van der Waals surface area contributed by atoms with Crippen LogP contribution in [0.15, 0.2) is 134 Å². The summed E-state index contributed by atoms with van der Waals surface area (Å²) >= 11 is 5.95. The Kier molecular flexibility index (Phi) is 16.5. The maximum atomic E-state index is 12.3. The molecule has 0 aliphatic carbocycles. The molecule has 0 unspecified atom stereocenters. The zero-order valence-corrected chi connectivity index (χ0v) is 32.5. The number of hydrogen-bond donors (Lipinski definition) is 2. The molecule has 1 amide bonds. The minimum atomic E-state index is -3.81. The zero-order chi connectivity index (χ0) is 37.3. The van der Waals surface area contributed by atoms with Crippen molar-refractivity contribution in [3.8, 4) is 11.5 Å². The summed E-state index contributed by atoms with van der Waals surface area (Å²) in [6, 6.07) is 23.6. The van der Waals surface area contributed by atoms with E-state index < -0.39 is 43.8 Å². The summed E-state index contributed by atoms with van der Waals surface area (Å²) in [5.41, 5.74) is 7.50. The largest absolute Gasteiger partial charge is 3.00 e. The number of carbonyl (C=O) groups is 1. The Hall–Kier alpha value is -4.92. The number of anilines is 1. The number of fused-ring (bicyclic) bond motifs is 1. The Bertz CT molecular complexity index is 2340. The first-order valence-corrected chi connectivity index (χ1v) is 16.3. The van der Waals surface area contributed by atoms with Crippen molar-refractivity contribution in [1.82, 2.24) is 4.72 Å². The normalized spacial score (nSPS) is 11.5. The van der Waals surface area contributed by atoms with Gasteiger partial charge >= 0.3 is 46.3 Å². The number of allylic oxidation sites excluding steroid dienone is 1. The van der Waals surface area contributed by atoms with Crippen LogP contribution in [0.5, 0.6) is 11.5 Å². The van der Waals surface area contributed by atoms with Gasteiger partial charge < -0.3 is 26.4 Å². The Morgan fingerprint density at radius 1 is 0.868 bits per heavy atom. The maximum Gasteiger partial charge on any atom is 3.00 e. The molecule has 0 bridgehead atoms. The fraction of sp³-hybridized carbons (Fsp3) is 0.0606. The number of azo groups is 2. The van der Waals surface area contributed by atoms with Crippen molar-refractivity contribution in [2.24, 2.45) is 20.5 Å². The van der Waals surface area contributed by atoms with Crippen molar-refractivity contribution < 1.29 is 79.8 Å². The van der Waals surface area contributed by atoms with Gasteiger partial charge in [-0.3, -0.25) is 14.9 Å². The number of non-ortho nitro benzene ring substituents is 1. The molecule has 0 aromatic heterocycles. The van der Waals surface area contributed by atoms with Crippen molar-refractivity contribution >= 4 is 72.4 Å². The molecule has 0 spiro atoms. The first-order valence-electron chi connectivity index (χ1n) is 14.4. The third-order valence-electron chi connectivity index (χ3n) is 6.75. The predicted molar refractivity (Wildman–Crippen MR) is 184 cm³/mol. The molecule has 5 aromatic carbocycles. The van der Waals surface area contributed by atoms with Crippen molar-refractivity contribution in [2.75, 3.05) is 12.4 Å². The number of rotatable bonds is 9. The van der Waals surface area contributed by atoms with E-state index in [9.17, 15) is 38.6 Å². The van der Waals surface area contributed by atoms with Crippen LogP contribution < -0.4 is 54.9 Å². The number of nitrogens with one attached hydrogen (secondary N) is 3. The van der Waals surface area contributed by atoms with Gasteiger partial charge in [0.1, 0.15) is 5.70 Å². The third kappa shape index (κ3) is 11.5. The molecule has 20 heteroatoms. The van der Waals surface area contributed by atoms with Crippen LogP contribution in [-0.4, -0.2) is 26.3 Å². The standard InChI is InChI=1S/C17H17ClN4O5S.C16H11N4O3.Co.Na/c1-10(23)16(17(25)20-13-6-4-3-5-12(13)18)22-21-14-9-11(7-8-15(14)24)28(26,27)19-2;17-13-7-5-10-3-1-2-4-12(10)16(13)19-18-14-8-6-11(20(22)23)9-15(14)21;;/h3-9,19,23-24H,1-2H3,(H,20,25);1-9H,(H2-,17,18,19,21);;/q;-1;+3;+1/p-3. The minimum Gasteiger partial charge on any atom is -0.874 e. The fourth-order valence-electron chi connectivity index (χ4n) is 4.15. The number of halogens is 1. The van der Waals surface area contributed by atoms with E-state index in [1.807, 2.05) is 30.3 Å². The second-order valence-electron chi connectivity index (χ2n) is 10.2. The van der Waals surface area contributed by atoms with E-state index in [0.29, 0.717) is 5.69 Å². The van der Waals surface area contributed by atoms with Gasteiger partial charge in [0.25, 0.3) is 11.6 Å². The quantitative estimate of drug-likeness (QED) is 0.0554. The number of carbonyl (C=O) groups excluding carboxylic acids is 1. The van der Waals surface area contributed by atoms with Crippen LogP contribution in [0.2, 0.25) is 5.02 Å². The molecule has 16 nitrogen and oxygen atoms in total. The number of benzene rings is 5. The molecule has 3 N–H and O–H groups in total. The smallest absolute Gasteiger partial charge is 0.874 e. The van der Waals surface area contributed by atoms with Gasteiger partial charge in [-0.15, -0.1) is 16.6 Å². The molecule has 0 aliphatic heterocycles. The van der Waals surface area contributed by atoms with Gasteiger partial charge in [-0.2, -0.15) is 15.3 Å². The summed E-state index contributed by atoms with van der Waals surface area (Å²) < 4.78 is 25.8. The first-order chi connectivity index (χ1) is 24.2.